The lowest BCUT2D eigenvalue weighted by atomic mass is 10.2. The van der Waals surface area contributed by atoms with E-state index in [0.29, 0.717) is 35.8 Å². The van der Waals surface area contributed by atoms with Crippen molar-refractivity contribution in [2.75, 3.05) is 7.05 Å². The summed E-state index contributed by atoms with van der Waals surface area (Å²) in [6, 6.07) is 7.56. The summed E-state index contributed by atoms with van der Waals surface area (Å²) >= 11 is 0. The van der Waals surface area contributed by atoms with Crippen LogP contribution < -0.4 is 5.56 Å². The van der Waals surface area contributed by atoms with Crippen molar-refractivity contribution in [1.82, 2.24) is 14.5 Å². The fourth-order valence-corrected chi connectivity index (χ4v) is 2.78. The van der Waals surface area contributed by atoms with Crippen LogP contribution in [0.1, 0.15) is 26.2 Å². The maximum atomic E-state index is 12.4. The summed E-state index contributed by atoms with van der Waals surface area (Å²) in [5, 5.41) is 0.595. The zero-order valence-corrected chi connectivity index (χ0v) is 13.0. The first-order valence-electron chi connectivity index (χ1n) is 7.78. The van der Waals surface area contributed by atoms with Crippen molar-refractivity contribution in [3.63, 3.8) is 0 Å². The molecule has 1 saturated carbocycles. The maximum absolute atomic E-state index is 12.4. The van der Waals surface area contributed by atoms with Gasteiger partial charge in [-0.25, -0.2) is 4.98 Å². The Bertz CT molecular complexity index is 749. The van der Waals surface area contributed by atoms with Gasteiger partial charge in [0.15, 0.2) is 0 Å². The molecule has 0 saturated heterocycles. The topological polar surface area (TPSA) is 55.2 Å². The third-order valence-corrected chi connectivity index (χ3v) is 4.61. The van der Waals surface area contributed by atoms with Crippen LogP contribution in [0.15, 0.2) is 35.4 Å². The summed E-state index contributed by atoms with van der Waals surface area (Å²) < 4.78 is 1.52. The van der Waals surface area contributed by atoms with Crippen LogP contribution in [0.25, 0.3) is 10.9 Å². The SMILES string of the molecule is CC(C1CC1)N(C)C(=O)CCn1cnc2ccccc2c1=O. The monoisotopic (exact) mass is 299 g/mol. The maximum Gasteiger partial charge on any atom is 0.261 e. The standard InChI is InChI=1S/C17H21N3O2/c1-12(13-7-8-13)19(2)16(21)9-10-20-11-18-15-6-4-3-5-14(15)17(20)22/h3-6,11-13H,7-10H2,1-2H3. The van der Waals surface area contributed by atoms with E-state index in [-0.39, 0.29) is 11.5 Å². The van der Waals surface area contributed by atoms with E-state index < -0.39 is 0 Å². The molecule has 1 amide bonds. The third kappa shape index (κ3) is 2.89. The highest BCUT2D eigenvalue weighted by Crippen LogP contribution is 2.34. The van der Waals surface area contributed by atoms with E-state index in [4.69, 9.17) is 0 Å². The number of para-hydroxylation sites is 1. The summed E-state index contributed by atoms with van der Waals surface area (Å²) in [5.74, 6) is 0.735. The molecule has 1 unspecified atom stereocenters. The number of fused-ring (bicyclic) bond motifs is 1. The quantitative estimate of drug-likeness (QED) is 0.849. The van der Waals surface area contributed by atoms with Gasteiger partial charge in [-0.3, -0.25) is 14.2 Å². The summed E-state index contributed by atoms with van der Waals surface area (Å²) in [7, 11) is 1.85. The second kappa shape index (κ2) is 5.91. The zero-order valence-electron chi connectivity index (χ0n) is 13.0. The molecule has 1 heterocycles. The van der Waals surface area contributed by atoms with Crippen molar-refractivity contribution in [1.29, 1.82) is 0 Å². The minimum Gasteiger partial charge on any atom is -0.343 e. The molecular formula is C17H21N3O2. The number of nitrogens with zero attached hydrogens (tertiary/aromatic N) is 3. The van der Waals surface area contributed by atoms with Gasteiger partial charge in [-0.15, -0.1) is 0 Å². The van der Waals surface area contributed by atoms with E-state index in [1.807, 2.05) is 30.1 Å². The first kappa shape index (κ1) is 14.8. The van der Waals surface area contributed by atoms with E-state index in [2.05, 4.69) is 11.9 Å². The van der Waals surface area contributed by atoms with Gasteiger partial charge in [-0.1, -0.05) is 12.1 Å². The Balaban J connectivity index is 1.69. The van der Waals surface area contributed by atoms with Crippen molar-refractivity contribution in [3.05, 3.63) is 40.9 Å². The molecule has 0 N–H and O–H groups in total. The summed E-state index contributed by atoms with van der Waals surface area (Å²) in [4.78, 5) is 30.7. The molecule has 1 aliphatic carbocycles. The van der Waals surface area contributed by atoms with Gasteiger partial charge in [0.1, 0.15) is 0 Å². The van der Waals surface area contributed by atoms with Crippen molar-refractivity contribution < 1.29 is 4.79 Å². The van der Waals surface area contributed by atoms with E-state index in [9.17, 15) is 9.59 Å². The first-order valence-corrected chi connectivity index (χ1v) is 7.78. The van der Waals surface area contributed by atoms with E-state index >= 15 is 0 Å². The molecule has 5 heteroatoms. The number of carbonyl (C=O) groups excluding carboxylic acids is 1. The van der Waals surface area contributed by atoms with E-state index in [1.54, 1.807) is 6.07 Å². The van der Waals surface area contributed by atoms with Gasteiger partial charge in [0.2, 0.25) is 5.91 Å². The molecule has 3 rings (SSSR count). The molecular weight excluding hydrogens is 278 g/mol. The highest BCUT2D eigenvalue weighted by molar-refractivity contribution is 5.77. The fraction of sp³-hybridized carbons (Fsp3) is 0.471. The first-order chi connectivity index (χ1) is 10.6. The minimum atomic E-state index is -0.0868. The van der Waals surface area contributed by atoms with Crippen LogP contribution in [0.5, 0.6) is 0 Å². The molecule has 0 radical (unpaired) electrons. The lowest BCUT2D eigenvalue weighted by molar-refractivity contribution is -0.132. The van der Waals surface area contributed by atoms with Gasteiger partial charge in [0, 0.05) is 26.1 Å². The largest absolute Gasteiger partial charge is 0.343 e. The summed E-state index contributed by atoms with van der Waals surface area (Å²) in [6.45, 7) is 2.47. The zero-order chi connectivity index (χ0) is 15.7. The highest BCUT2D eigenvalue weighted by Gasteiger charge is 2.32. The Hall–Kier alpha value is -2.17. The summed E-state index contributed by atoms with van der Waals surface area (Å²) in [6.07, 6.45) is 4.29. The minimum absolute atomic E-state index is 0.0828. The number of aromatic nitrogens is 2. The Morgan fingerprint density at radius 3 is 2.86 bits per heavy atom. The van der Waals surface area contributed by atoms with Gasteiger partial charge >= 0.3 is 0 Å². The fourth-order valence-electron chi connectivity index (χ4n) is 2.78. The van der Waals surface area contributed by atoms with Crippen LogP contribution in [0, 0.1) is 5.92 Å². The smallest absolute Gasteiger partial charge is 0.261 e. The molecule has 22 heavy (non-hydrogen) atoms. The molecule has 116 valence electrons. The predicted octanol–water partition coefficient (Wildman–Crippen LogP) is 2.04. The molecule has 0 spiro atoms. The Morgan fingerprint density at radius 2 is 2.14 bits per heavy atom. The molecule has 2 aromatic rings. The third-order valence-electron chi connectivity index (χ3n) is 4.61. The molecule has 0 bridgehead atoms. The Kier molecular flexibility index (Phi) is 3.96. The van der Waals surface area contributed by atoms with Crippen LogP contribution in [0.2, 0.25) is 0 Å². The van der Waals surface area contributed by atoms with Gasteiger partial charge < -0.3 is 4.90 Å². The Morgan fingerprint density at radius 1 is 1.41 bits per heavy atom. The number of amides is 1. The van der Waals surface area contributed by atoms with Crippen LogP contribution >= 0.6 is 0 Å². The average molecular weight is 299 g/mol. The molecule has 1 aromatic carbocycles. The van der Waals surface area contributed by atoms with E-state index in [0.717, 1.165) is 0 Å². The van der Waals surface area contributed by atoms with Gasteiger partial charge in [0.05, 0.1) is 17.2 Å². The average Bonchev–Trinajstić information content (AvgIpc) is 3.37. The molecule has 0 aliphatic heterocycles. The molecule has 1 fully saturated rings. The second-order valence-electron chi connectivity index (χ2n) is 6.09. The van der Waals surface area contributed by atoms with Crippen LogP contribution in [0.4, 0.5) is 0 Å². The Labute approximate surface area is 129 Å². The molecule has 1 aliphatic rings. The van der Waals surface area contributed by atoms with E-state index in [1.165, 1.54) is 23.7 Å². The van der Waals surface area contributed by atoms with Crippen molar-refractivity contribution in [2.24, 2.45) is 5.92 Å². The second-order valence-corrected chi connectivity index (χ2v) is 6.09. The molecule has 1 aromatic heterocycles. The summed E-state index contributed by atoms with van der Waals surface area (Å²) in [5.41, 5.74) is 0.603. The number of aryl methyl sites for hydroxylation is 1. The van der Waals surface area contributed by atoms with Gasteiger partial charge in [0.25, 0.3) is 5.56 Å². The van der Waals surface area contributed by atoms with Crippen LogP contribution in [0.3, 0.4) is 0 Å². The van der Waals surface area contributed by atoms with Gasteiger partial charge in [-0.2, -0.15) is 0 Å². The van der Waals surface area contributed by atoms with Crippen LogP contribution in [-0.4, -0.2) is 33.4 Å². The highest BCUT2D eigenvalue weighted by atomic mass is 16.2. The molecule has 5 nitrogen and oxygen atoms in total. The lowest BCUT2D eigenvalue weighted by Gasteiger charge is -2.25. The normalized spacial score (nSPS) is 15.7. The van der Waals surface area contributed by atoms with Crippen molar-refractivity contribution in [3.8, 4) is 0 Å². The van der Waals surface area contributed by atoms with Crippen molar-refractivity contribution >= 4 is 16.8 Å². The number of hydrogen-bond acceptors (Lipinski definition) is 3. The van der Waals surface area contributed by atoms with Crippen molar-refractivity contribution in [2.45, 2.75) is 38.8 Å². The molecule has 1 atom stereocenters. The van der Waals surface area contributed by atoms with Crippen LogP contribution in [-0.2, 0) is 11.3 Å². The lowest BCUT2D eigenvalue weighted by Crippen LogP contribution is -2.37. The number of benzene rings is 1. The number of rotatable bonds is 5. The number of hydrogen-bond donors (Lipinski definition) is 0. The number of carbonyl (C=O) groups is 1. The van der Waals surface area contributed by atoms with Gasteiger partial charge in [-0.05, 0) is 37.8 Å². The predicted molar refractivity (Wildman–Crippen MR) is 85.6 cm³/mol.